The SMILES string of the molecule is CC(C)(C)c1nc2cccc(Cl)n2c1CC#N. The van der Waals surface area contributed by atoms with Crippen LogP contribution in [0.5, 0.6) is 0 Å². The van der Waals surface area contributed by atoms with Crippen LogP contribution < -0.4 is 0 Å². The fourth-order valence-electron chi connectivity index (χ4n) is 1.95. The Morgan fingerprint density at radius 3 is 2.71 bits per heavy atom. The first-order valence-electron chi connectivity index (χ1n) is 5.48. The minimum atomic E-state index is -0.0957. The summed E-state index contributed by atoms with van der Waals surface area (Å²) < 4.78 is 1.85. The normalized spacial score (nSPS) is 11.7. The molecule has 3 nitrogen and oxygen atoms in total. The van der Waals surface area contributed by atoms with E-state index in [0.29, 0.717) is 11.6 Å². The highest BCUT2D eigenvalue weighted by Crippen LogP contribution is 2.28. The number of aromatic nitrogens is 2. The molecule has 0 N–H and O–H groups in total. The van der Waals surface area contributed by atoms with E-state index in [-0.39, 0.29) is 5.41 Å². The van der Waals surface area contributed by atoms with Crippen LogP contribution in [0.2, 0.25) is 5.15 Å². The Balaban J connectivity index is 2.82. The van der Waals surface area contributed by atoms with E-state index in [1.165, 1.54) is 0 Å². The molecule has 0 unspecified atom stereocenters. The highest BCUT2D eigenvalue weighted by Gasteiger charge is 2.24. The van der Waals surface area contributed by atoms with Gasteiger partial charge in [-0.25, -0.2) is 4.98 Å². The first-order chi connectivity index (χ1) is 7.95. The topological polar surface area (TPSA) is 41.1 Å². The predicted molar refractivity (Wildman–Crippen MR) is 68.2 cm³/mol. The van der Waals surface area contributed by atoms with Crippen LogP contribution in [0.15, 0.2) is 18.2 Å². The molecule has 2 aromatic heterocycles. The Morgan fingerprint density at radius 2 is 2.12 bits per heavy atom. The number of rotatable bonds is 1. The number of nitrogens with zero attached hydrogens (tertiary/aromatic N) is 3. The average molecular weight is 248 g/mol. The predicted octanol–water partition coefficient (Wildman–Crippen LogP) is 3.35. The second-order valence-corrected chi connectivity index (χ2v) is 5.42. The summed E-state index contributed by atoms with van der Waals surface area (Å²) in [7, 11) is 0. The molecule has 0 saturated carbocycles. The van der Waals surface area contributed by atoms with Crippen molar-refractivity contribution in [2.24, 2.45) is 0 Å². The fourth-order valence-corrected chi connectivity index (χ4v) is 2.21. The standard InChI is InChI=1S/C13H14ClN3/c1-13(2,3)12-9(7-8-15)17-10(14)5-4-6-11(17)16-12/h4-6H,7H2,1-3H3. The Kier molecular flexibility index (Phi) is 2.84. The van der Waals surface area contributed by atoms with Crippen molar-refractivity contribution in [2.75, 3.05) is 0 Å². The summed E-state index contributed by atoms with van der Waals surface area (Å²) in [5, 5.41) is 9.54. The third-order valence-corrected chi connectivity index (χ3v) is 2.94. The first kappa shape index (κ1) is 11.9. The maximum absolute atomic E-state index is 8.94. The number of hydrogen-bond acceptors (Lipinski definition) is 2. The van der Waals surface area contributed by atoms with Crippen molar-refractivity contribution in [3.8, 4) is 6.07 Å². The van der Waals surface area contributed by atoms with Crippen LogP contribution in [0.4, 0.5) is 0 Å². The lowest BCUT2D eigenvalue weighted by atomic mass is 9.90. The van der Waals surface area contributed by atoms with Crippen molar-refractivity contribution in [1.29, 1.82) is 5.26 Å². The summed E-state index contributed by atoms with van der Waals surface area (Å²) in [5.41, 5.74) is 2.53. The summed E-state index contributed by atoms with van der Waals surface area (Å²) in [6, 6.07) is 7.76. The van der Waals surface area contributed by atoms with Gasteiger partial charge in [0.2, 0.25) is 0 Å². The van der Waals surface area contributed by atoms with E-state index in [0.717, 1.165) is 17.0 Å². The second kappa shape index (κ2) is 4.05. The monoisotopic (exact) mass is 247 g/mol. The van der Waals surface area contributed by atoms with Gasteiger partial charge in [0, 0.05) is 5.41 Å². The Labute approximate surface area is 106 Å². The van der Waals surface area contributed by atoms with Gasteiger partial charge < -0.3 is 0 Å². The molecule has 0 aliphatic rings. The number of nitriles is 1. The molecule has 0 spiro atoms. The third kappa shape index (κ3) is 2.01. The van der Waals surface area contributed by atoms with Crippen molar-refractivity contribution < 1.29 is 0 Å². The quantitative estimate of drug-likeness (QED) is 0.725. The van der Waals surface area contributed by atoms with Gasteiger partial charge in [0.25, 0.3) is 0 Å². The van der Waals surface area contributed by atoms with E-state index >= 15 is 0 Å². The van der Waals surface area contributed by atoms with Crippen molar-refractivity contribution >= 4 is 17.2 Å². The van der Waals surface area contributed by atoms with Crippen LogP contribution in [0, 0.1) is 11.3 Å². The van der Waals surface area contributed by atoms with Crippen molar-refractivity contribution in [3.63, 3.8) is 0 Å². The highest BCUT2D eigenvalue weighted by atomic mass is 35.5. The minimum Gasteiger partial charge on any atom is -0.286 e. The number of imidazole rings is 1. The van der Waals surface area contributed by atoms with Crippen molar-refractivity contribution in [1.82, 2.24) is 9.38 Å². The van der Waals surface area contributed by atoms with Gasteiger partial charge in [0.15, 0.2) is 0 Å². The molecule has 17 heavy (non-hydrogen) atoms. The number of pyridine rings is 1. The van der Waals surface area contributed by atoms with Gasteiger partial charge in [-0.05, 0) is 12.1 Å². The third-order valence-electron chi connectivity index (χ3n) is 2.65. The molecule has 0 saturated heterocycles. The smallest absolute Gasteiger partial charge is 0.138 e. The molecular formula is C13H14ClN3. The molecule has 88 valence electrons. The summed E-state index contributed by atoms with van der Waals surface area (Å²) >= 11 is 6.17. The van der Waals surface area contributed by atoms with Gasteiger partial charge in [0.05, 0.1) is 23.9 Å². The molecule has 4 heteroatoms. The van der Waals surface area contributed by atoms with E-state index in [2.05, 4.69) is 31.8 Å². The molecular weight excluding hydrogens is 234 g/mol. The molecule has 0 bridgehead atoms. The molecule has 2 heterocycles. The lowest BCUT2D eigenvalue weighted by molar-refractivity contribution is 0.566. The van der Waals surface area contributed by atoms with Gasteiger partial charge >= 0.3 is 0 Å². The first-order valence-corrected chi connectivity index (χ1v) is 5.86. The molecule has 0 aliphatic carbocycles. The van der Waals surface area contributed by atoms with Crippen LogP contribution >= 0.6 is 11.6 Å². The Bertz CT molecular complexity index is 599. The average Bonchev–Trinajstić information content (AvgIpc) is 2.59. The van der Waals surface area contributed by atoms with E-state index < -0.39 is 0 Å². The zero-order valence-electron chi connectivity index (χ0n) is 10.2. The van der Waals surface area contributed by atoms with Crippen LogP contribution in [-0.4, -0.2) is 9.38 Å². The number of hydrogen-bond donors (Lipinski definition) is 0. The van der Waals surface area contributed by atoms with Crippen molar-refractivity contribution in [3.05, 3.63) is 34.7 Å². The Hall–Kier alpha value is -1.53. The maximum Gasteiger partial charge on any atom is 0.138 e. The van der Waals surface area contributed by atoms with Crippen LogP contribution in [-0.2, 0) is 11.8 Å². The summed E-state index contributed by atoms with van der Waals surface area (Å²) in [6.07, 6.45) is 0.317. The van der Waals surface area contributed by atoms with E-state index in [4.69, 9.17) is 16.9 Å². The molecule has 0 radical (unpaired) electrons. The van der Waals surface area contributed by atoms with Gasteiger partial charge in [-0.15, -0.1) is 0 Å². The summed E-state index contributed by atoms with van der Waals surface area (Å²) in [4.78, 5) is 4.59. The van der Waals surface area contributed by atoms with Gasteiger partial charge in [-0.3, -0.25) is 4.40 Å². The van der Waals surface area contributed by atoms with Gasteiger partial charge in [-0.2, -0.15) is 5.26 Å². The number of fused-ring (bicyclic) bond motifs is 1. The van der Waals surface area contributed by atoms with Gasteiger partial charge in [0.1, 0.15) is 10.8 Å². The molecule has 0 atom stereocenters. The number of halogens is 1. The lowest BCUT2D eigenvalue weighted by Gasteiger charge is -2.16. The van der Waals surface area contributed by atoms with Crippen LogP contribution in [0.25, 0.3) is 5.65 Å². The molecule has 0 aromatic carbocycles. The zero-order valence-corrected chi connectivity index (χ0v) is 10.9. The Morgan fingerprint density at radius 1 is 1.41 bits per heavy atom. The summed E-state index contributed by atoms with van der Waals surface area (Å²) in [6.45, 7) is 6.26. The molecule has 0 aliphatic heterocycles. The van der Waals surface area contributed by atoms with Crippen molar-refractivity contribution in [2.45, 2.75) is 32.6 Å². The molecule has 2 aromatic rings. The maximum atomic E-state index is 8.94. The molecule has 0 amide bonds. The van der Waals surface area contributed by atoms with Gasteiger partial charge in [-0.1, -0.05) is 38.4 Å². The molecule has 0 fully saturated rings. The second-order valence-electron chi connectivity index (χ2n) is 5.03. The van der Waals surface area contributed by atoms with Crippen LogP contribution in [0.1, 0.15) is 32.2 Å². The lowest BCUT2D eigenvalue weighted by Crippen LogP contribution is -2.14. The van der Waals surface area contributed by atoms with E-state index in [9.17, 15) is 0 Å². The highest BCUT2D eigenvalue weighted by molar-refractivity contribution is 6.29. The largest absolute Gasteiger partial charge is 0.286 e. The minimum absolute atomic E-state index is 0.0957. The van der Waals surface area contributed by atoms with E-state index in [1.54, 1.807) is 0 Å². The zero-order chi connectivity index (χ0) is 12.6. The summed E-state index contributed by atoms with van der Waals surface area (Å²) in [5.74, 6) is 0. The fraction of sp³-hybridized carbons (Fsp3) is 0.385. The molecule has 2 rings (SSSR count). The van der Waals surface area contributed by atoms with Crippen LogP contribution in [0.3, 0.4) is 0 Å². The van der Waals surface area contributed by atoms with E-state index in [1.807, 2.05) is 22.6 Å².